The van der Waals surface area contributed by atoms with Crippen molar-refractivity contribution < 1.29 is 14.3 Å². The van der Waals surface area contributed by atoms with Gasteiger partial charge in [0, 0.05) is 12.0 Å². The predicted molar refractivity (Wildman–Crippen MR) is 82.1 cm³/mol. The average Bonchev–Trinajstić information content (AvgIpc) is 2.46. The Labute approximate surface area is 128 Å². The van der Waals surface area contributed by atoms with Crippen LogP contribution < -0.4 is 4.74 Å². The standard InChI is InChI=1S/C17H15ClO3/c1-12(19)10-13-6-8-14(9-7-13)21-11-17(20)15-4-2-3-5-16(15)18/h2-9H,10-11H2,1H3. The zero-order valence-corrected chi connectivity index (χ0v) is 12.4. The van der Waals surface area contributed by atoms with Crippen LogP contribution in [0.4, 0.5) is 0 Å². The van der Waals surface area contributed by atoms with Crippen LogP contribution in [-0.2, 0) is 11.2 Å². The van der Waals surface area contributed by atoms with Crippen LogP contribution in [0.2, 0.25) is 5.02 Å². The minimum absolute atomic E-state index is 0.0736. The molecular weight excluding hydrogens is 288 g/mol. The molecule has 21 heavy (non-hydrogen) atoms. The second kappa shape index (κ2) is 7.04. The molecule has 0 spiro atoms. The number of hydrogen-bond donors (Lipinski definition) is 0. The molecule has 108 valence electrons. The van der Waals surface area contributed by atoms with Crippen molar-refractivity contribution in [1.29, 1.82) is 0 Å². The molecule has 0 saturated carbocycles. The molecule has 0 aliphatic rings. The molecule has 0 saturated heterocycles. The van der Waals surface area contributed by atoms with Gasteiger partial charge in [-0.1, -0.05) is 35.9 Å². The summed E-state index contributed by atoms with van der Waals surface area (Å²) < 4.78 is 5.44. The van der Waals surface area contributed by atoms with Crippen molar-refractivity contribution in [2.24, 2.45) is 0 Å². The zero-order chi connectivity index (χ0) is 15.2. The highest BCUT2D eigenvalue weighted by Crippen LogP contribution is 2.17. The summed E-state index contributed by atoms with van der Waals surface area (Å²) in [4.78, 5) is 23.0. The van der Waals surface area contributed by atoms with Gasteiger partial charge in [-0.3, -0.25) is 9.59 Å². The van der Waals surface area contributed by atoms with Crippen molar-refractivity contribution >= 4 is 23.2 Å². The fourth-order valence-electron chi connectivity index (χ4n) is 1.90. The van der Waals surface area contributed by atoms with E-state index in [0.717, 1.165) is 5.56 Å². The SMILES string of the molecule is CC(=O)Cc1ccc(OCC(=O)c2ccccc2Cl)cc1. The number of carbonyl (C=O) groups is 2. The maximum atomic E-state index is 12.0. The van der Waals surface area contributed by atoms with E-state index in [1.54, 1.807) is 43.3 Å². The number of halogens is 1. The summed E-state index contributed by atoms with van der Waals surface area (Å²) in [5.74, 6) is 0.522. The van der Waals surface area contributed by atoms with Crippen LogP contribution in [0.25, 0.3) is 0 Å². The lowest BCUT2D eigenvalue weighted by Gasteiger charge is -2.07. The molecule has 2 rings (SSSR count). The fourth-order valence-corrected chi connectivity index (χ4v) is 2.15. The molecule has 2 aromatic rings. The first-order valence-corrected chi connectivity index (χ1v) is 6.93. The molecular formula is C17H15ClO3. The number of Topliss-reactive ketones (excluding diaryl/α,β-unsaturated/α-hetero) is 2. The molecule has 0 radical (unpaired) electrons. The smallest absolute Gasteiger partial charge is 0.201 e. The first-order valence-electron chi connectivity index (χ1n) is 6.55. The summed E-state index contributed by atoms with van der Waals surface area (Å²) in [7, 11) is 0. The Kier molecular flexibility index (Phi) is 5.12. The lowest BCUT2D eigenvalue weighted by molar-refractivity contribution is -0.116. The molecule has 0 aromatic heterocycles. The third kappa shape index (κ3) is 4.43. The van der Waals surface area contributed by atoms with Crippen LogP contribution >= 0.6 is 11.6 Å². The number of carbonyl (C=O) groups excluding carboxylic acids is 2. The Bertz CT molecular complexity index is 647. The van der Waals surface area contributed by atoms with Crippen molar-refractivity contribution in [2.45, 2.75) is 13.3 Å². The number of ketones is 2. The lowest BCUT2D eigenvalue weighted by atomic mass is 10.1. The Balaban J connectivity index is 1.95. The van der Waals surface area contributed by atoms with Gasteiger partial charge in [-0.2, -0.15) is 0 Å². The first-order chi connectivity index (χ1) is 10.1. The molecule has 0 heterocycles. The molecule has 0 amide bonds. The quantitative estimate of drug-likeness (QED) is 0.764. The predicted octanol–water partition coefficient (Wildman–Crippen LogP) is 3.73. The van der Waals surface area contributed by atoms with E-state index in [0.29, 0.717) is 22.8 Å². The van der Waals surface area contributed by atoms with E-state index in [4.69, 9.17) is 16.3 Å². The van der Waals surface area contributed by atoms with Crippen molar-refractivity contribution in [3.63, 3.8) is 0 Å². The summed E-state index contributed by atoms with van der Waals surface area (Å²) in [6.07, 6.45) is 0.402. The number of benzene rings is 2. The van der Waals surface area contributed by atoms with E-state index in [9.17, 15) is 9.59 Å². The molecule has 0 N–H and O–H groups in total. The second-order valence-electron chi connectivity index (χ2n) is 4.71. The minimum atomic E-state index is -0.173. The van der Waals surface area contributed by atoms with E-state index in [-0.39, 0.29) is 18.2 Å². The van der Waals surface area contributed by atoms with Gasteiger partial charge in [-0.05, 0) is 36.8 Å². The summed E-state index contributed by atoms with van der Waals surface area (Å²) in [6, 6.07) is 14.0. The van der Waals surface area contributed by atoms with E-state index in [1.165, 1.54) is 0 Å². The van der Waals surface area contributed by atoms with Gasteiger partial charge in [0.25, 0.3) is 0 Å². The Hall–Kier alpha value is -2.13. The molecule has 0 aliphatic heterocycles. The van der Waals surface area contributed by atoms with Gasteiger partial charge in [0.2, 0.25) is 5.78 Å². The topological polar surface area (TPSA) is 43.4 Å². The third-order valence-corrected chi connectivity index (χ3v) is 3.25. The number of ether oxygens (including phenoxy) is 1. The maximum Gasteiger partial charge on any atom is 0.201 e. The minimum Gasteiger partial charge on any atom is -0.485 e. The largest absolute Gasteiger partial charge is 0.485 e. The molecule has 4 heteroatoms. The van der Waals surface area contributed by atoms with Gasteiger partial charge in [0.05, 0.1) is 5.02 Å². The highest BCUT2D eigenvalue weighted by atomic mass is 35.5. The normalized spacial score (nSPS) is 10.2. The first kappa shape index (κ1) is 15.3. The van der Waals surface area contributed by atoms with Crippen molar-refractivity contribution in [3.05, 3.63) is 64.7 Å². The fraction of sp³-hybridized carbons (Fsp3) is 0.176. The molecule has 0 unspecified atom stereocenters. The molecule has 0 fully saturated rings. The van der Waals surface area contributed by atoms with E-state index in [1.807, 2.05) is 12.1 Å². The van der Waals surface area contributed by atoms with Gasteiger partial charge in [-0.25, -0.2) is 0 Å². The van der Waals surface area contributed by atoms with Crippen LogP contribution in [0.3, 0.4) is 0 Å². The van der Waals surface area contributed by atoms with Crippen molar-refractivity contribution in [2.75, 3.05) is 6.61 Å². The lowest BCUT2D eigenvalue weighted by Crippen LogP contribution is -2.12. The van der Waals surface area contributed by atoms with E-state index >= 15 is 0 Å². The van der Waals surface area contributed by atoms with Gasteiger partial charge in [0.1, 0.15) is 11.5 Å². The Morgan fingerprint density at radius 2 is 1.71 bits per heavy atom. The molecule has 0 bridgehead atoms. The van der Waals surface area contributed by atoms with Gasteiger partial charge >= 0.3 is 0 Å². The third-order valence-electron chi connectivity index (χ3n) is 2.92. The van der Waals surface area contributed by atoms with Gasteiger partial charge < -0.3 is 4.74 Å². The Morgan fingerprint density at radius 3 is 2.33 bits per heavy atom. The van der Waals surface area contributed by atoms with Gasteiger partial charge in [-0.15, -0.1) is 0 Å². The highest BCUT2D eigenvalue weighted by molar-refractivity contribution is 6.34. The van der Waals surface area contributed by atoms with Crippen LogP contribution in [-0.4, -0.2) is 18.2 Å². The second-order valence-corrected chi connectivity index (χ2v) is 5.12. The summed E-state index contributed by atoms with van der Waals surface area (Å²) in [5.41, 5.74) is 1.37. The van der Waals surface area contributed by atoms with Crippen molar-refractivity contribution in [1.82, 2.24) is 0 Å². The maximum absolute atomic E-state index is 12.0. The van der Waals surface area contributed by atoms with Crippen molar-refractivity contribution in [3.8, 4) is 5.75 Å². The van der Waals surface area contributed by atoms with E-state index in [2.05, 4.69) is 0 Å². The van der Waals surface area contributed by atoms with Gasteiger partial charge in [0.15, 0.2) is 6.61 Å². The monoisotopic (exact) mass is 302 g/mol. The molecule has 3 nitrogen and oxygen atoms in total. The Morgan fingerprint density at radius 1 is 1.05 bits per heavy atom. The number of hydrogen-bond acceptors (Lipinski definition) is 3. The van der Waals surface area contributed by atoms with Crippen LogP contribution in [0.5, 0.6) is 5.75 Å². The summed E-state index contributed by atoms with van der Waals surface area (Å²) in [5, 5.41) is 0.419. The van der Waals surface area contributed by atoms with Crippen LogP contribution in [0.15, 0.2) is 48.5 Å². The molecule has 0 atom stereocenters. The highest BCUT2D eigenvalue weighted by Gasteiger charge is 2.10. The average molecular weight is 303 g/mol. The number of rotatable bonds is 6. The summed E-state index contributed by atoms with van der Waals surface area (Å²) in [6.45, 7) is 1.47. The molecule has 2 aromatic carbocycles. The van der Waals surface area contributed by atoms with Crippen LogP contribution in [0, 0.1) is 0 Å². The zero-order valence-electron chi connectivity index (χ0n) is 11.6. The van der Waals surface area contributed by atoms with Crippen LogP contribution in [0.1, 0.15) is 22.8 Å². The van der Waals surface area contributed by atoms with E-state index < -0.39 is 0 Å². The molecule has 0 aliphatic carbocycles. The summed E-state index contributed by atoms with van der Waals surface area (Å²) >= 11 is 5.96.